The summed E-state index contributed by atoms with van der Waals surface area (Å²) in [5, 5.41) is 14.2. The molecule has 0 radical (unpaired) electrons. The van der Waals surface area contributed by atoms with Gasteiger partial charge in [-0.3, -0.25) is 9.59 Å². The molecule has 41 heavy (non-hydrogen) atoms. The Morgan fingerprint density at radius 3 is 1.32 bits per heavy atom. The molecular formula is C34H60F2N2O3. The highest BCUT2D eigenvalue weighted by Crippen LogP contribution is 2.21. The summed E-state index contributed by atoms with van der Waals surface area (Å²) in [6.45, 7) is 2.50. The van der Waals surface area contributed by atoms with Gasteiger partial charge in [0.2, 0.25) is 0 Å². The van der Waals surface area contributed by atoms with Crippen LogP contribution in [0.25, 0.3) is 0 Å². The zero-order valence-electron chi connectivity index (χ0n) is 26.0. The number of unbranched alkanes of at least 4 members (excludes halogenated alkanes) is 19. The number of rotatable bonds is 26. The molecule has 0 saturated heterocycles. The molecule has 1 rings (SSSR count). The number of aliphatic hydroxyl groups excluding tert-OH is 1. The van der Waals surface area contributed by atoms with Gasteiger partial charge in [0.05, 0.1) is 0 Å². The summed E-state index contributed by atoms with van der Waals surface area (Å²) in [5.74, 6) is -3.06. The van der Waals surface area contributed by atoms with Gasteiger partial charge in [0.1, 0.15) is 0 Å². The molecule has 0 unspecified atom stereocenters. The van der Waals surface area contributed by atoms with Crippen LogP contribution in [0.4, 0.5) is 8.78 Å². The van der Waals surface area contributed by atoms with Crippen molar-refractivity contribution < 1.29 is 23.5 Å². The van der Waals surface area contributed by atoms with Gasteiger partial charge in [0.25, 0.3) is 11.8 Å². The standard InChI is InChI=1S/C34H60F2N2O3/c1-2-3-4-5-6-7-8-11-14-17-20-24-29(35)33(40)37-31-26-23-27-32(31)38-34(41)30(36)25-21-18-15-12-9-10-13-16-19-22-28-39/h24-25,31-32,39H,2-23,26-28H2,1H3,(H,37,40)(H,38,41)/b29-24-,30-25+/t31-,32+/m1/s1. The van der Waals surface area contributed by atoms with Gasteiger partial charge in [0, 0.05) is 18.7 Å². The molecule has 1 fully saturated rings. The van der Waals surface area contributed by atoms with Crippen molar-refractivity contribution in [3.8, 4) is 0 Å². The molecule has 3 N–H and O–H groups in total. The maximum absolute atomic E-state index is 14.4. The predicted molar refractivity (Wildman–Crippen MR) is 166 cm³/mol. The van der Waals surface area contributed by atoms with Crippen LogP contribution >= 0.6 is 0 Å². The molecule has 0 aromatic rings. The van der Waals surface area contributed by atoms with E-state index in [0.717, 1.165) is 64.2 Å². The number of carbonyl (C=O) groups is 2. The summed E-state index contributed by atoms with van der Waals surface area (Å²) in [4.78, 5) is 24.7. The molecular weight excluding hydrogens is 522 g/mol. The normalized spacial score (nSPS) is 17.7. The van der Waals surface area contributed by atoms with Crippen LogP contribution in [-0.4, -0.2) is 35.6 Å². The van der Waals surface area contributed by atoms with E-state index < -0.39 is 29.5 Å². The Hall–Kier alpha value is -1.76. The Bertz CT molecular complexity index is 681. The topological polar surface area (TPSA) is 78.4 Å². The Morgan fingerprint density at radius 2 is 0.951 bits per heavy atom. The van der Waals surface area contributed by atoms with E-state index >= 15 is 0 Å². The lowest BCUT2D eigenvalue weighted by Gasteiger charge is -2.21. The minimum Gasteiger partial charge on any atom is -0.396 e. The van der Waals surface area contributed by atoms with E-state index in [4.69, 9.17) is 5.11 Å². The van der Waals surface area contributed by atoms with Crippen LogP contribution in [-0.2, 0) is 9.59 Å². The first kappa shape index (κ1) is 37.3. The quantitative estimate of drug-likeness (QED) is 0.0703. The Balaban J connectivity index is 2.19. The zero-order chi connectivity index (χ0) is 30.0. The minimum atomic E-state index is -0.784. The van der Waals surface area contributed by atoms with Crippen molar-refractivity contribution >= 4 is 11.8 Å². The Morgan fingerprint density at radius 1 is 0.610 bits per heavy atom. The summed E-state index contributed by atoms with van der Waals surface area (Å²) in [5.41, 5.74) is 0. The van der Waals surface area contributed by atoms with E-state index in [1.807, 2.05) is 0 Å². The number of carbonyl (C=O) groups excluding carboxylic acids is 2. The highest BCUT2D eigenvalue weighted by Gasteiger charge is 2.31. The first-order chi connectivity index (χ1) is 20.0. The summed E-state index contributed by atoms with van der Waals surface area (Å²) < 4.78 is 28.7. The van der Waals surface area contributed by atoms with E-state index in [9.17, 15) is 18.4 Å². The Labute approximate surface area is 249 Å². The second-order valence-electron chi connectivity index (χ2n) is 11.9. The minimum absolute atomic E-state index is 0.275. The fraction of sp³-hybridized carbons (Fsp3) is 0.824. The molecule has 0 spiro atoms. The molecule has 1 aliphatic rings. The van der Waals surface area contributed by atoms with Crippen molar-refractivity contribution in [3.05, 3.63) is 23.8 Å². The van der Waals surface area contributed by atoms with Crippen molar-refractivity contribution in [2.45, 2.75) is 173 Å². The number of hydrogen-bond donors (Lipinski definition) is 3. The van der Waals surface area contributed by atoms with Gasteiger partial charge in [0.15, 0.2) is 11.7 Å². The first-order valence-electron chi connectivity index (χ1n) is 16.9. The van der Waals surface area contributed by atoms with Crippen molar-refractivity contribution in [2.75, 3.05) is 6.61 Å². The van der Waals surface area contributed by atoms with Crippen LogP contribution in [0.15, 0.2) is 23.8 Å². The van der Waals surface area contributed by atoms with Gasteiger partial charge < -0.3 is 15.7 Å². The average molecular weight is 583 g/mol. The molecule has 2 atom stereocenters. The Kier molecular flexibility index (Phi) is 23.6. The number of aliphatic hydroxyl groups is 1. The number of hydrogen-bond acceptors (Lipinski definition) is 3. The first-order valence-corrected chi connectivity index (χ1v) is 16.9. The highest BCUT2D eigenvalue weighted by molar-refractivity contribution is 5.92. The van der Waals surface area contributed by atoms with E-state index in [0.29, 0.717) is 25.7 Å². The SMILES string of the molecule is CCCCCCCCCCCC/C=C(\F)C(=O)N[C@@H]1CCC[C@@H]1NC(=O)/C(F)=C\CCCCCCCCCCCO. The van der Waals surface area contributed by atoms with Crippen LogP contribution < -0.4 is 10.6 Å². The van der Waals surface area contributed by atoms with Gasteiger partial charge in [-0.25, -0.2) is 8.78 Å². The second-order valence-corrected chi connectivity index (χ2v) is 11.9. The molecule has 0 aromatic carbocycles. The van der Waals surface area contributed by atoms with Crippen LogP contribution in [0.5, 0.6) is 0 Å². The van der Waals surface area contributed by atoms with Crippen LogP contribution in [0.1, 0.15) is 161 Å². The molecule has 1 saturated carbocycles. The summed E-state index contributed by atoms with van der Waals surface area (Å²) >= 11 is 0. The van der Waals surface area contributed by atoms with E-state index in [-0.39, 0.29) is 12.6 Å². The molecule has 0 aromatic heterocycles. The lowest BCUT2D eigenvalue weighted by atomic mass is 10.1. The van der Waals surface area contributed by atoms with Gasteiger partial charge >= 0.3 is 0 Å². The second kappa shape index (κ2) is 25.9. The molecule has 7 heteroatoms. The van der Waals surface area contributed by atoms with Gasteiger partial charge in [-0.1, -0.05) is 110 Å². The number of allylic oxidation sites excluding steroid dienone is 2. The van der Waals surface area contributed by atoms with Gasteiger partial charge in [-0.05, 0) is 63.5 Å². The predicted octanol–water partition coefficient (Wildman–Crippen LogP) is 9.05. The lowest BCUT2D eigenvalue weighted by Crippen LogP contribution is -2.48. The number of nitrogens with one attached hydrogen (secondary N) is 2. The molecule has 0 aliphatic heterocycles. The van der Waals surface area contributed by atoms with Crippen molar-refractivity contribution in [3.63, 3.8) is 0 Å². The van der Waals surface area contributed by atoms with Crippen molar-refractivity contribution in [1.82, 2.24) is 10.6 Å². The summed E-state index contributed by atoms with van der Waals surface area (Å²) in [6, 6.07) is -0.780. The van der Waals surface area contributed by atoms with Crippen LogP contribution in [0, 0.1) is 0 Å². The fourth-order valence-electron chi connectivity index (χ4n) is 5.55. The van der Waals surface area contributed by atoms with Crippen molar-refractivity contribution in [1.29, 1.82) is 0 Å². The third kappa shape index (κ3) is 19.9. The number of halogens is 2. The van der Waals surface area contributed by atoms with E-state index in [1.165, 1.54) is 76.4 Å². The third-order valence-electron chi connectivity index (χ3n) is 8.15. The molecule has 2 amide bonds. The molecule has 0 bridgehead atoms. The smallest absolute Gasteiger partial charge is 0.279 e. The van der Waals surface area contributed by atoms with Gasteiger partial charge in [-0.2, -0.15) is 0 Å². The maximum atomic E-state index is 14.4. The highest BCUT2D eigenvalue weighted by atomic mass is 19.1. The average Bonchev–Trinajstić information content (AvgIpc) is 3.40. The molecule has 1 aliphatic carbocycles. The lowest BCUT2D eigenvalue weighted by molar-refractivity contribution is -0.122. The summed E-state index contributed by atoms with van der Waals surface area (Å²) in [6.07, 6.45) is 27.6. The summed E-state index contributed by atoms with van der Waals surface area (Å²) in [7, 11) is 0. The molecule has 0 heterocycles. The largest absolute Gasteiger partial charge is 0.396 e. The van der Waals surface area contributed by atoms with Crippen LogP contribution in [0.2, 0.25) is 0 Å². The molecule has 238 valence electrons. The van der Waals surface area contributed by atoms with Crippen LogP contribution in [0.3, 0.4) is 0 Å². The van der Waals surface area contributed by atoms with E-state index in [2.05, 4.69) is 17.6 Å². The number of amides is 2. The van der Waals surface area contributed by atoms with Gasteiger partial charge in [-0.15, -0.1) is 0 Å². The van der Waals surface area contributed by atoms with E-state index in [1.54, 1.807) is 0 Å². The van der Waals surface area contributed by atoms with Crippen molar-refractivity contribution in [2.24, 2.45) is 0 Å². The fourth-order valence-corrected chi connectivity index (χ4v) is 5.55. The maximum Gasteiger partial charge on any atom is 0.279 e. The monoisotopic (exact) mass is 582 g/mol. The molecule has 5 nitrogen and oxygen atoms in total. The zero-order valence-corrected chi connectivity index (χ0v) is 26.0. The third-order valence-corrected chi connectivity index (χ3v) is 8.15.